The van der Waals surface area contributed by atoms with Crippen LogP contribution < -0.4 is 5.32 Å². The van der Waals surface area contributed by atoms with E-state index < -0.39 is 5.60 Å². The van der Waals surface area contributed by atoms with Crippen LogP contribution in [0.3, 0.4) is 0 Å². The third-order valence-electron chi connectivity index (χ3n) is 3.52. The quantitative estimate of drug-likeness (QED) is 0.893. The molecular weight excluding hydrogens is 310 g/mol. The minimum Gasteiger partial charge on any atom is -0.385 e. The molecule has 0 bridgehead atoms. The molecule has 0 spiro atoms. The van der Waals surface area contributed by atoms with Gasteiger partial charge in [-0.2, -0.15) is 0 Å². The number of aryl methyl sites for hydroxylation is 1. The van der Waals surface area contributed by atoms with Gasteiger partial charge in [-0.1, -0.05) is 15.9 Å². The Balaban J connectivity index is 2.01. The molecule has 2 N–H and O–H groups in total. The van der Waals surface area contributed by atoms with Gasteiger partial charge in [0, 0.05) is 29.6 Å². The van der Waals surface area contributed by atoms with Crippen molar-refractivity contribution in [1.82, 2.24) is 5.32 Å². The predicted molar refractivity (Wildman–Crippen MR) is 76.2 cm³/mol. The zero-order valence-corrected chi connectivity index (χ0v) is 12.7. The van der Waals surface area contributed by atoms with Gasteiger partial charge in [-0.3, -0.25) is 4.79 Å². The molecule has 104 valence electrons. The van der Waals surface area contributed by atoms with Gasteiger partial charge < -0.3 is 15.2 Å². The van der Waals surface area contributed by atoms with Crippen LogP contribution in [0.25, 0.3) is 0 Å². The lowest BCUT2D eigenvalue weighted by Crippen LogP contribution is -2.47. The average Bonchev–Trinajstić information content (AvgIpc) is 2.66. The number of hydrogen-bond donors (Lipinski definition) is 2. The number of nitrogens with one attached hydrogen (secondary N) is 1. The Hall–Kier alpha value is -0.910. The molecule has 1 aromatic rings. The maximum Gasteiger partial charge on any atom is 0.251 e. The van der Waals surface area contributed by atoms with E-state index in [1.165, 1.54) is 0 Å². The van der Waals surface area contributed by atoms with Crippen LogP contribution in [0.4, 0.5) is 0 Å². The van der Waals surface area contributed by atoms with Gasteiger partial charge >= 0.3 is 0 Å². The van der Waals surface area contributed by atoms with Crippen LogP contribution in [0, 0.1) is 6.92 Å². The molecule has 2 rings (SSSR count). The fraction of sp³-hybridized carbons (Fsp3) is 0.500. The number of hydrogen-bond acceptors (Lipinski definition) is 3. The maximum absolute atomic E-state index is 12.1. The molecule has 2 unspecified atom stereocenters. The van der Waals surface area contributed by atoms with Gasteiger partial charge in [-0.05, 0) is 37.6 Å². The van der Waals surface area contributed by atoms with E-state index in [4.69, 9.17) is 4.74 Å². The van der Waals surface area contributed by atoms with E-state index in [-0.39, 0.29) is 18.6 Å². The summed E-state index contributed by atoms with van der Waals surface area (Å²) in [5.41, 5.74) is 0.634. The molecule has 4 nitrogen and oxygen atoms in total. The number of aliphatic hydroxyl groups is 1. The molecule has 1 fully saturated rings. The molecule has 0 aliphatic carbocycles. The number of rotatable bonds is 3. The first-order chi connectivity index (χ1) is 8.90. The van der Waals surface area contributed by atoms with Crippen LogP contribution in [0.2, 0.25) is 0 Å². The summed E-state index contributed by atoms with van der Waals surface area (Å²) in [6.45, 7) is 4.49. The van der Waals surface area contributed by atoms with Crippen molar-refractivity contribution >= 4 is 21.8 Å². The molecule has 2 atom stereocenters. The van der Waals surface area contributed by atoms with Gasteiger partial charge in [0.05, 0.1) is 6.10 Å². The standard InChI is InChI=1S/C14H18BrNO3/c1-9-5-11(7-12(15)6-9)13(17)16-8-14(18)3-4-19-10(14)2/h5-7,10,18H,3-4,8H2,1-2H3,(H,16,17). The van der Waals surface area contributed by atoms with Crippen LogP contribution in [0.1, 0.15) is 29.3 Å². The van der Waals surface area contributed by atoms with Crippen molar-refractivity contribution in [2.24, 2.45) is 0 Å². The highest BCUT2D eigenvalue weighted by Crippen LogP contribution is 2.25. The van der Waals surface area contributed by atoms with Gasteiger partial charge in [0.1, 0.15) is 5.60 Å². The second kappa shape index (κ2) is 5.61. The molecular formula is C14H18BrNO3. The third-order valence-corrected chi connectivity index (χ3v) is 3.98. The van der Waals surface area contributed by atoms with Crippen LogP contribution in [0.5, 0.6) is 0 Å². The second-order valence-corrected chi connectivity index (χ2v) is 5.98. The lowest BCUT2D eigenvalue weighted by molar-refractivity contribution is -0.0251. The lowest BCUT2D eigenvalue weighted by atomic mass is 9.96. The molecule has 0 aromatic heterocycles. The van der Waals surface area contributed by atoms with Gasteiger partial charge in [-0.15, -0.1) is 0 Å². The fourth-order valence-electron chi connectivity index (χ4n) is 2.21. The molecule has 0 saturated carbocycles. The summed E-state index contributed by atoms with van der Waals surface area (Å²) in [5.74, 6) is -0.183. The number of carbonyl (C=O) groups excluding carboxylic acids is 1. The van der Waals surface area contributed by atoms with Crippen LogP contribution in [-0.2, 0) is 4.74 Å². The van der Waals surface area contributed by atoms with Crippen molar-refractivity contribution < 1.29 is 14.6 Å². The smallest absolute Gasteiger partial charge is 0.251 e. The van der Waals surface area contributed by atoms with E-state index in [2.05, 4.69) is 21.2 Å². The topological polar surface area (TPSA) is 58.6 Å². The summed E-state index contributed by atoms with van der Waals surface area (Å²) in [5, 5.41) is 13.1. The second-order valence-electron chi connectivity index (χ2n) is 5.07. The van der Waals surface area contributed by atoms with Crippen molar-refractivity contribution in [3.8, 4) is 0 Å². The number of ether oxygens (including phenoxy) is 1. The summed E-state index contributed by atoms with van der Waals surface area (Å²) < 4.78 is 6.21. The average molecular weight is 328 g/mol. The molecule has 1 amide bonds. The molecule has 5 heteroatoms. The van der Waals surface area contributed by atoms with E-state index in [0.717, 1.165) is 10.0 Å². The largest absolute Gasteiger partial charge is 0.385 e. The first-order valence-corrected chi connectivity index (χ1v) is 7.09. The molecule has 1 aromatic carbocycles. The zero-order chi connectivity index (χ0) is 14.0. The summed E-state index contributed by atoms with van der Waals surface area (Å²) >= 11 is 3.37. The van der Waals surface area contributed by atoms with Gasteiger partial charge in [0.2, 0.25) is 0 Å². The van der Waals surface area contributed by atoms with Crippen molar-refractivity contribution in [3.63, 3.8) is 0 Å². The van der Waals surface area contributed by atoms with E-state index in [1.54, 1.807) is 6.07 Å². The van der Waals surface area contributed by atoms with Gasteiger partial charge in [0.15, 0.2) is 0 Å². The Kier molecular flexibility index (Phi) is 4.28. The summed E-state index contributed by atoms with van der Waals surface area (Å²) in [7, 11) is 0. The van der Waals surface area contributed by atoms with E-state index in [0.29, 0.717) is 18.6 Å². The summed E-state index contributed by atoms with van der Waals surface area (Å²) in [6, 6.07) is 5.52. The predicted octanol–water partition coefficient (Wildman–Crippen LogP) is 2.03. The van der Waals surface area contributed by atoms with Crippen LogP contribution >= 0.6 is 15.9 Å². The lowest BCUT2D eigenvalue weighted by Gasteiger charge is -2.26. The van der Waals surface area contributed by atoms with Crippen LogP contribution in [-0.4, -0.2) is 35.9 Å². The Labute approximate surface area is 121 Å². The number of halogens is 1. The minimum atomic E-state index is -0.962. The van der Waals surface area contributed by atoms with E-state index >= 15 is 0 Å². The molecule has 0 radical (unpaired) electrons. The Morgan fingerprint density at radius 3 is 2.89 bits per heavy atom. The first kappa shape index (κ1) is 14.5. The molecule has 1 aliphatic rings. The number of amides is 1. The Morgan fingerprint density at radius 2 is 2.32 bits per heavy atom. The highest BCUT2D eigenvalue weighted by Gasteiger charge is 2.39. The highest BCUT2D eigenvalue weighted by atomic mass is 79.9. The normalized spacial score (nSPS) is 26.4. The molecule has 1 aliphatic heterocycles. The van der Waals surface area contributed by atoms with Crippen LogP contribution in [0.15, 0.2) is 22.7 Å². The Bertz CT molecular complexity index is 471. The SMILES string of the molecule is Cc1cc(Br)cc(C(=O)NCC2(O)CCOC2C)c1. The van der Waals surface area contributed by atoms with Gasteiger partial charge in [0.25, 0.3) is 5.91 Å². The third kappa shape index (κ3) is 3.35. The number of carbonyl (C=O) groups is 1. The van der Waals surface area contributed by atoms with E-state index in [1.807, 2.05) is 26.0 Å². The maximum atomic E-state index is 12.1. The van der Waals surface area contributed by atoms with Crippen molar-refractivity contribution in [2.75, 3.05) is 13.2 Å². The first-order valence-electron chi connectivity index (χ1n) is 6.30. The molecule has 1 heterocycles. The molecule has 1 saturated heterocycles. The Morgan fingerprint density at radius 1 is 1.58 bits per heavy atom. The van der Waals surface area contributed by atoms with Crippen molar-refractivity contribution in [1.29, 1.82) is 0 Å². The monoisotopic (exact) mass is 327 g/mol. The molecule has 19 heavy (non-hydrogen) atoms. The highest BCUT2D eigenvalue weighted by molar-refractivity contribution is 9.10. The fourth-order valence-corrected chi connectivity index (χ4v) is 2.81. The minimum absolute atomic E-state index is 0.183. The van der Waals surface area contributed by atoms with Crippen molar-refractivity contribution in [3.05, 3.63) is 33.8 Å². The number of benzene rings is 1. The van der Waals surface area contributed by atoms with E-state index in [9.17, 15) is 9.90 Å². The summed E-state index contributed by atoms with van der Waals surface area (Å²) in [4.78, 5) is 12.1. The summed E-state index contributed by atoms with van der Waals surface area (Å²) in [6.07, 6.45) is 0.295. The van der Waals surface area contributed by atoms with Crippen molar-refractivity contribution in [2.45, 2.75) is 32.0 Å². The zero-order valence-electron chi connectivity index (χ0n) is 11.1. The van der Waals surface area contributed by atoms with Gasteiger partial charge in [-0.25, -0.2) is 0 Å².